The molecular formula is C14H11N5O. The fourth-order valence-corrected chi connectivity index (χ4v) is 2.27. The lowest BCUT2D eigenvalue weighted by molar-refractivity contribution is 0.111. The topological polar surface area (TPSA) is 87.4 Å². The van der Waals surface area contributed by atoms with Gasteiger partial charge in [0.1, 0.15) is 12.2 Å². The summed E-state index contributed by atoms with van der Waals surface area (Å²) >= 11 is 0. The van der Waals surface area contributed by atoms with Gasteiger partial charge in [-0.25, -0.2) is 4.68 Å². The molecule has 1 aromatic carbocycles. The van der Waals surface area contributed by atoms with E-state index in [-0.39, 0.29) is 12.2 Å². The Hall–Kier alpha value is -2.94. The Kier molecular flexibility index (Phi) is 3.01. The summed E-state index contributed by atoms with van der Waals surface area (Å²) < 4.78 is 1.46. The lowest BCUT2D eigenvalue weighted by Crippen LogP contribution is -2.05. The number of nitrogens with one attached hydrogen (secondary N) is 1. The summed E-state index contributed by atoms with van der Waals surface area (Å²) in [4.78, 5) is 14.2. The summed E-state index contributed by atoms with van der Waals surface area (Å²) in [5.74, 6) is 0. The second-order valence-electron chi connectivity index (χ2n) is 4.39. The summed E-state index contributed by atoms with van der Waals surface area (Å²) in [6.07, 6.45) is 3.08. The van der Waals surface area contributed by atoms with Crippen LogP contribution in [0.15, 0.2) is 30.5 Å². The number of nitrogens with zero attached hydrogens (tertiary/aromatic N) is 4. The van der Waals surface area contributed by atoms with Crippen molar-refractivity contribution in [3.63, 3.8) is 0 Å². The van der Waals surface area contributed by atoms with Crippen LogP contribution in [0.25, 0.3) is 10.9 Å². The van der Waals surface area contributed by atoms with E-state index in [0.717, 1.165) is 16.5 Å². The quantitative estimate of drug-likeness (QED) is 0.727. The van der Waals surface area contributed by atoms with Gasteiger partial charge in [-0.3, -0.25) is 4.79 Å². The van der Waals surface area contributed by atoms with Gasteiger partial charge in [0, 0.05) is 23.5 Å². The van der Waals surface area contributed by atoms with Gasteiger partial charge in [0.05, 0.1) is 11.8 Å². The number of nitriles is 1. The number of para-hydroxylation sites is 1. The number of benzene rings is 1. The number of carbonyl (C=O) groups excluding carboxylic acids is 1. The van der Waals surface area contributed by atoms with Crippen LogP contribution in [0.1, 0.15) is 21.7 Å². The molecule has 20 heavy (non-hydrogen) atoms. The maximum Gasteiger partial charge on any atom is 0.172 e. The van der Waals surface area contributed by atoms with E-state index in [4.69, 9.17) is 5.26 Å². The smallest absolute Gasteiger partial charge is 0.172 e. The molecule has 3 rings (SSSR count). The number of aromatic amines is 1. The van der Waals surface area contributed by atoms with Crippen LogP contribution in [0.2, 0.25) is 0 Å². The van der Waals surface area contributed by atoms with Crippen molar-refractivity contribution in [1.29, 1.82) is 5.26 Å². The van der Waals surface area contributed by atoms with Crippen molar-refractivity contribution >= 4 is 17.2 Å². The van der Waals surface area contributed by atoms with E-state index >= 15 is 0 Å². The molecular weight excluding hydrogens is 254 g/mol. The van der Waals surface area contributed by atoms with Crippen molar-refractivity contribution < 1.29 is 4.79 Å². The molecule has 0 saturated heterocycles. The molecule has 0 radical (unpaired) electrons. The first kappa shape index (κ1) is 12.1. The Morgan fingerprint density at radius 3 is 3.05 bits per heavy atom. The first-order chi connectivity index (χ1) is 9.83. The van der Waals surface area contributed by atoms with E-state index in [1.807, 2.05) is 36.5 Å². The summed E-state index contributed by atoms with van der Waals surface area (Å²) in [5.41, 5.74) is 3.02. The first-order valence-electron chi connectivity index (χ1n) is 6.13. The molecule has 0 bridgehead atoms. The van der Waals surface area contributed by atoms with Crippen molar-refractivity contribution in [2.24, 2.45) is 0 Å². The minimum atomic E-state index is 0.0819. The number of hydrogen-bond donors (Lipinski definition) is 1. The number of hydrogen-bond acceptors (Lipinski definition) is 4. The van der Waals surface area contributed by atoms with Crippen LogP contribution in [0.3, 0.4) is 0 Å². The van der Waals surface area contributed by atoms with Crippen LogP contribution in [-0.2, 0) is 13.0 Å². The monoisotopic (exact) mass is 265 g/mol. The van der Waals surface area contributed by atoms with Crippen molar-refractivity contribution in [3.05, 3.63) is 47.4 Å². The molecule has 0 aliphatic carbocycles. The molecule has 1 N–H and O–H groups in total. The average molecular weight is 265 g/mol. The van der Waals surface area contributed by atoms with E-state index in [2.05, 4.69) is 15.3 Å². The summed E-state index contributed by atoms with van der Waals surface area (Å²) in [6.45, 7) is 0.0819. The van der Waals surface area contributed by atoms with E-state index in [1.54, 1.807) is 0 Å². The van der Waals surface area contributed by atoms with Gasteiger partial charge in [0.2, 0.25) is 0 Å². The lowest BCUT2D eigenvalue weighted by atomic mass is 10.1. The Balaban J connectivity index is 2.04. The van der Waals surface area contributed by atoms with Gasteiger partial charge in [-0.05, 0) is 11.6 Å². The molecule has 0 aliphatic rings. The van der Waals surface area contributed by atoms with Crippen molar-refractivity contribution in [2.45, 2.75) is 13.0 Å². The van der Waals surface area contributed by atoms with E-state index < -0.39 is 0 Å². The van der Waals surface area contributed by atoms with Gasteiger partial charge in [0.25, 0.3) is 0 Å². The van der Waals surface area contributed by atoms with E-state index in [1.165, 1.54) is 4.68 Å². The fourth-order valence-electron chi connectivity index (χ4n) is 2.27. The van der Waals surface area contributed by atoms with Gasteiger partial charge in [-0.15, -0.1) is 5.10 Å². The molecule has 0 saturated carbocycles. The predicted molar refractivity (Wildman–Crippen MR) is 72.1 cm³/mol. The Labute approximate surface area is 114 Å². The van der Waals surface area contributed by atoms with Gasteiger partial charge < -0.3 is 4.98 Å². The second-order valence-corrected chi connectivity index (χ2v) is 4.39. The molecule has 98 valence electrons. The zero-order valence-electron chi connectivity index (χ0n) is 10.6. The van der Waals surface area contributed by atoms with Crippen LogP contribution in [0, 0.1) is 11.3 Å². The maximum absolute atomic E-state index is 11.0. The third kappa shape index (κ3) is 1.95. The zero-order valence-corrected chi connectivity index (χ0v) is 10.6. The minimum Gasteiger partial charge on any atom is -0.361 e. The van der Waals surface area contributed by atoms with Crippen LogP contribution < -0.4 is 0 Å². The number of aldehydes is 1. The van der Waals surface area contributed by atoms with Crippen LogP contribution in [-0.4, -0.2) is 26.3 Å². The lowest BCUT2D eigenvalue weighted by Gasteiger charge is -2.02. The molecule has 2 aromatic heterocycles. The number of fused-ring (bicyclic) bond motifs is 1. The molecule has 0 amide bonds. The highest BCUT2D eigenvalue weighted by Gasteiger charge is 2.14. The van der Waals surface area contributed by atoms with E-state index in [9.17, 15) is 4.79 Å². The zero-order chi connectivity index (χ0) is 13.9. The minimum absolute atomic E-state index is 0.0819. The largest absolute Gasteiger partial charge is 0.361 e. The molecule has 0 aliphatic heterocycles. The third-order valence-corrected chi connectivity index (χ3v) is 3.23. The summed E-state index contributed by atoms with van der Waals surface area (Å²) in [6, 6.07) is 9.94. The molecule has 0 atom stereocenters. The number of rotatable bonds is 4. The Morgan fingerprint density at radius 1 is 1.40 bits per heavy atom. The van der Waals surface area contributed by atoms with Crippen LogP contribution in [0.4, 0.5) is 0 Å². The third-order valence-electron chi connectivity index (χ3n) is 3.23. The van der Waals surface area contributed by atoms with Gasteiger partial charge in [-0.2, -0.15) is 5.26 Å². The van der Waals surface area contributed by atoms with E-state index in [0.29, 0.717) is 18.4 Å². The highest BCUT2D eigenvalue weighted by Crippen LogP contribution is 2.21. The van der Waals surface area contributed by atoms with Crippen LogP contribution >= 0.6 is 0 Å². The molecule has 0 fully saturated rings. The van der Waals surface area contributed by atoms with Gasteiger partial charge in [-0.1, -0.05) is 23.4 Å². The van der Waals surface area contributed by atoms with Gasteiger partial charge in [0.15, 0.2) is 6.29 Å². The standard InChI is InChI=1S/C14H11N5O/c15-5-6-19-14(13(9-20)17-18-19)7-10-8-16-12-4-2-1-3-11(10)12/h1-4,8-9,16H,6-7H2. The fraction of sp³-hybridized carbons (Fsp3) is 0.143. The summed E-state index contributed by atoms with van der Waals surface area (Å²) in [7, 11) is 0. The number of carbonyl (C=O) groups is 1. The van der Waals surface area contributed by atoms with Crippen molar-refractivity contribution in [2.75, 3.05) is 0 Å². The predicted octanol–water partition coefficient (Wildman–Crippen LogP) is 1.69. The summed E-state index contributed by atoms with van der Waals surface area (Å²) in [5, 5.41) is 17.5. The average Bonchev–Trinajstić information content (AvgIpc) is 3.05. The van der Waals surface area contributed by atoms with Crippen molar-refractivity contribution in [1.82, 2.24) is 20.0 Å². The second kappa shape index (κ2) is 4.97. The highest BCUT2D eigenvalue weighted by molar-refractivity contribution is 5.83. The normalized spacial score (nSPS) is 10.6. The Morgan fingerprint density at radius 2 is 2.25 bits per heavy atom. The first-order valence-corrected chi connectivity index (χ1v) is 6.13. The molecule has 0 spiro atoms. The SMILES string of the molecule is N#CCn1nnc(C=O)c1Cc1c[nH]c2ccccc12. The van der Waals surface area contributed by atoms with Crippen molar-refractivity contribution in [3.8, 4) is 6.07 Å². The molecule has 6 nitrogen and oxygen atoms in total. The molecule has 3 aromatic rings. The van der Waals surface area contributed by atoms with Gasteiger partial charge >= 0.3 is 0 Å². The molecule has 0 unspecified atom stereocenters. The maximum atomic E-state index is 11.0. The van der Waals surface area contributed by atoms with Crippen LogP contribution in [0.5, 0.6) is 0 Å². The number of aromatic nitrogens is 4. The Bertz CT molecular complexity index is 808. The number of H-pyrrole nitrogens is 1. The molecule has 2 heterocycles. The highest BCUT2D eigenvalue weighted by atomic mass is 16.1. The molecule has 6 heteroatoms.